The molecule has 0 saturated heterocycles. The molecule has 1 aromatic carbocycles. The summed E-state index contributed by atoms with van der Waals surface area (Å²) in [6.07, 6.45) is 6.22. The zero-order valence-electron chi connectivity index (χ0n) is 11.8. The quantitative estimate of drug-likeness (QED) is 0.738. The molecule has 0 aliphatic heterocycles. The zero-order chi connectivity index (χ0) is 14.4. The molecule has 1 aliphatic carbocycles. The molecule has 1 fully saturated rings. The van der Waals surface area contributed by atoms with Crippen LogP contribution in [0.25, 0.3) is 0 Å². The van der Waals surface area contributed by atoms with Gasteiger partial charge in [-0.05, 0) is 30.5 Å². The molecular weight excluding hydrogens is 254 g/mol. The van der Waals surface area contributed by atoms with Crippen LogP contribution in [0.4, 0.5) is 0 Å². The highest BCUT2D eigenvalue weighted by Gasteiger charge is 2.28. The summed E-state index contributed by atoms with van der Waals surface area (Å²) < 4.78 is 0. The number of aliphatic hydroxyl groups is 1. The van der Waals surface area contributed by atoms with Crippen LogP contribution < -0.4 is 5.32 Å². The Hall–Kier alpha value is -1.55. The number of aromatic hydroxyl groups is 1. The largest absolute Gasteiger partial charge is 0.508 e. The maximum absolute atomic E-state index is 11.9. The highest BCUT2D eigenvalue weighted by Crippen LogP contribution is 2.26. The SMILES string of the molecule is O=C(Cc1ccc(O)cc1)NCC1(O)CCCCCC1. The molecule has 4 heteroatoms. The van der Waals surface area contributed by atoms with Gasteiger partial charge in [-0.25, -0.2) is 0 Å². The number of carbonyl (C=O) groups is 1. The van der Waals surface area contributed by atoms with Gasteiger partial charge >= 0.3 is 0 Å². The Morgan fingerprint density at radius 2 is 1.70 bits per heavy atom. The number of hydrogen-bond donors (Lipinski definition) is 3. The van der Waals surface area contributed by atoms with E-state index in [0.717, 1.165) is 31.2 Å². The summed E-state index contributed by atoms with van der Waals surface area (Å²) in [7, 11) is 0. The van der Waals surface area contributed by atoms with E-state index in [1.807, 2.05) is 0 Å². The lowest BCUT2D eigenvalue weighted by Crippen LogP contribution is -2.43. The van der Waals surface area contributed by atoms with Gasteiger partial charge in [0.25, 0.3) is 0 Å². The van der Waals surface area contributed by atoms with Crippen LogP contribution >= 0.6 is 0 Å². The van der Waals surface area contributed by atoms with Crippen molar-refractivity contribution in [1.82, 2.24) is 5.32 Å². The van der Waals surface area contributed by atoms with Crippen LogP contribution in [-0.4, -0.2) is 28.3 Å². The van der Waals surface area contributed by atoms with Crippen molar-refractivity contribution in [2.24, 2.45) is 0 Å². The van der Waals surface area contributed by atoms with E-state index in [1.165, 1.54) is 12.8 Å². The Morgan fingerprint density at radius 3 is 2.30 bits per heavy atom. The summed E-state index contributed by atoms with van der Waals surface area (Å²) in [4.78, 5) is 11.9. The molecule has 0 aromatic heterocycles. The van der Waals surface area contributed by atoms with E-state index in [1.54, 1.807) is 24.3 Å². The van der Waals surface area contributed by atoms with Crippen LogP contribution in [0.15, 0.2) is 24.3 Å². The Kier molecular flexibility index (Phi) is 5.01. The van der Waals surface area contributed by atoms with Gasteiger partial charge in [0.2, 0.25) is 5.91 Å². The van der Waals surface area contributed by atoms with E-state index in [-0.39, 0.29) is 18.1 Å². The molecule has 2 rings (SSSR count). The predicted molar refractivity (Wildman–Crippen MR) is 77.5 cm³/mol. The lowest BCUT2D eigenvalue weighted by molar-refractivity contribution is -0.121. The van der Waals surface area contributed by atoms with Crippen LogP contribution in [0.5, 0.6) is 5.75 Å². The Balaban J connectivity index is 1.80. The summed E-state index contributed by atoms with van der Waals surface area (Å²) in [5.74, 6) is 0.107. The topological polar surface area (TPSA) is 69.6 Å². The van der Waals surface area contributed by atoms with E-state index in [0.29, 0.717) is 6.54 Å². The van der Waals surface area contributed by atoms with Crippen molar-refractivity contribution in [3.63, 3.8) is 0 Å². The standard InChI is InChI=1S/C16H23NO3/c18-14-7-5-13(6-8-14)11-15(19)17-12-16(20)9-3-1-2-4-10-16/h5-8,18,20H,1-4,9-12H2,(H,17,19). The first-order chi connectivity index (χ1) is 9.57. The van der Waals surface area contributed by atoms with Crippen LogP contribution in [-0.2, 0) is 11.2 Å². The van der Waals surface area contributed by atoms with E-state index in [2.05, 4.69) is 5.32 Å². The second-order valence-corrected chi connectivity index (χ2v) is 5.76. The minimum absolute atomic E-state index is 0.0895. The number of carbonyl (C=O) groups excluding carboxylic acids is 1. The number of phenolic OH excluding ortho intramolecular Hbond substituents is 1. The van der Waals surface area contributed by atoms with Crippen LogP contribution in [0.3, 0.4) is 0 Å². The highest BCUT2D eigenvalue weighted by atomic mass is 16.3. The molecule has 0 spiro atoms. The molecule has 0 atom stereocenters. The first kappa shape index (κ1) is 14.9. The summed E-state index contributed by atoms with van der Waals surface area (Å²) >= 11 is 0. The van der Waals surface area contributed by atoms with Crippen LogP contribution in [0.1, 0.15) is 44.1 Å². The van der Waals surface area contributed by atoms with Gasteiger partial charge < -0.3 is 15.5 Å². The molecule has 110 valence electrons. The minimum atomic E-state index is -0.735. The van der Waals surface area contributed by atoms with E-state index in [4.69, 9.17) is 0 Å². The Bertz CT molecular complexity index is 434. The smallest absolute Gasteiger partial charge is 0.224 e. The Labute approximate surface area is 119 Å². The summed E-state index contributed by atoms with van der Waals surface area (Å²) in [5.41, 5.74) is 0.120. The third-order valence-corrected chi connectivity index (χ3v) is 3.95. The number of rotatable bonds is 4. The predicted octanol–water partition coefficient (Wildman–Crippen LogP) is 2.14. The van der Waals surface area contributed by atoms with Gasteiger partial charge in [-0.2, -0.15) is 0 Å². The normalized spacial score (nSPS) is 18.2. The van der Waals surface area contributed by atoms with Gasteiger partial charge in [0.15, 0.2) is 0 Å². The molecule has 0 unspecified atom stereocenters. The fourth-order valence-electron chi connectivity index (χ4n) is 2.69. The third kappa shape index (κ3) is 4.53. The van der Waals surface area contributed by atoms with Crippen molar-refractivity contribution in [2.45, 2.75) is 50.5 Å². The fraction of sp³-hybridized carbons (Fsp3) is 0.562. The zero-order valence-corrected chi connectivity index (χ0v) is 11.8. The van der Waals surface area contributed by atoms with Crippen LogP contribution in [0.2, 0.25) is 0 Å². The molecule has 0 bridgehead atoms. The van der Waals surface area contributed by atoms with Gasteiger partial charge in [0.05, 0.1) is 12.0 Å². The average molecular weight is 277 g/mol. The average Bonchev–Trinajstić information content (AvgIpc) is 2.65. The monoisotopic (exact) mass is 277 g/mol. The molecule has 0 radical (unpaired) electrons. The Morgan fingerprint density at radius 1 is 1.10 bits per heavy atom. The molecule has 1 saturated carbocycles. The molecule has 4 nitrogen and oxygen atoms in total. The second kappa shape index (κ2) is 6.75. The molecule has 0 heterocycles. The molecule has 1 aromatic rings. The van der Waals surface area contributed by atoms with Crippen molar-refractivity contribution < 1.29 is 15.0 Å². The number of amides is 1. The van der Waals surface area contributed by atoms with Gasteiger partial charge in [0, 0.05) is 6.54 Å². The van der Waals surface area contributed by atoms with Crippen molar-refractivity contribution in [1.29, 1.82) is 0 Å². The number of benzene rings is 1. The highest BCUT2D eigenvalue weighted by molar-refractivity contribution is 5.78. The summed E-state index contributed by atoms with van der Waals surface area (Å²) in [6.45, 7) is 0.337. The molecule has 1 aliphatic rings. The molecule has 3 N–H and O–H groups in total. The van der Waals surface area contributed by atoms with E-state index >= 15 is 0 Å². The van der Waals surface area contributed by atoms with Gasteiger partial charge in [-0.3, -0.25) is 4.79 Å². The first-order valence-corrected chi connectivity index (χ1v) is 7.34. The van der Waals surface area contributed by atoms with Crippen molar-refractivity contribution in [3.8, 4) is 5.75 Å². The van der Waals surface area contributed by atoms with E-state index in [9.17, 15) is 15.0 Å². The second-order valence-electron chi connectivity index (χ2n) is 5.76. The third-order valence-electron chi connectivity index (χ3n) is 3.95. The molecule has 1 amide bonds. The maximum Gasteiger partial charge on any atom is 0.224 e. The van der Waals surface area contributed by atoms with Crippen molar-refractivity contribution in [3.05, 3.63) is 29.8 Å². The van der Waals surface area contributed by atoms with Crippen molar-refractivity contribution in [2.75, 3.05) is 6.54 Å². The number of phenols is 1. The minimum Gasteiger partial charge on any atom is -0.508 e. The molecule has 20 heavy (non-hydrogen) atoms. The van der Waals surface area contributed by atoms with Gasteiger partial charge in [0.1, 0.15) is 5.75 Å². The van der Waals surface area contributed by atoms with Crippen molar-refractivity contribution >= 4 is 5.91 Å². The first-order valence-electron chi connectivity index (χ1n) is 7.34. The summed E-state index contributed by atoms with van der Waals surface area (Å²) in [6, 6.07) is 6.60. The summed E-state index contributed by atoms with van der Waals surface area (Å²) in [5, 5.41) is 22.5. The van der Waals surface area contributed by atoms with Crippen LogP contribution in [0, 0.1) is 0 Å². The van der Waals surface area contributed by atoms with E-state index < -0.39 is 5.60 Å². The number of nitrogens with one attached hydrogen (secondary N) is 1. The van der Waals surface area contributed by atoms with Gasteiger partial charge in [-0.1, -0.05) is 37.8 Å². The fourth-order valence-corrected chi connectivity index (χ4v) is 2.69. The lowest BCUT2D eigenvalue weighted by atomic mass is 9.94. The molecular formula is C16H23NO3. The maximum atomic E-state index is 11.9. The lowest BCUT2D eigenvalue weighted by Gasteiger charge is -2.26. The van der Waals surface area contributed by atoms with Gasteiger partial charge in [-0.15, -0.1) is 0 Å². The number of hydrogen-bond acceptors (Lipinski definition) is 3.